The summed E-state index contributed by atoms with van der Waals surface area (Å²) in [6.45, 7) is 2.32. The van der Waals surface area contributed by atoms with Crippen LogP contribution in [0.5, 0.6) is 0 Å². The average Bonchev–Trinajstić information content (AvgIpc) is 2.28. The van der Waals surface area contributed by atoms with Gasteiger partial charge in [-0.05, 0) is 13.0 Å². The van der Waals surface area contributed by atoms with Gasteiger partial charge in [0.2, 0.25) is 0 Å². The Morgan fingerprint density at radius 2 is 2.19 bits per heavy atom. The van der Waals surface area contributed by atoms with E-state index in [0.717, 1.165) is 0 Å². The van der Waals surface area contributed by atoms with Crippen molar-refractivity contribution in [3.8, 4) is 0 Å². The van der Waals surface area contributed by atoms with Crippen LogP contribution in [0.25, 0.3) is 0 Å². The first kappa shape index (κ1) is 12.0. The fraction of sp³-hybridized carbons (Fsp3) is 0.300. The van der Waals surface area contributed by atoms with Gasteiger partial charge in [0.15, 0.2) is 0 Å². The lowest BCUT2D eigenvalue weighted by Gasteiger charge is -2.09. The van der Waals surface area contributed by atoms with Crippen molar-refractivity contribution in [3.05, 3.63) is 33.9 Å². The van der Waals surface area contributed by atoms with Crippen LogP contribution in [0, 0.1) is 10.1 Å². The molecular weight excluding hydrogens is 210 g/mol. The van der Waals surface area contributed by atoms with Crippen molar-refractivity contribution in [1.29, 1.82) is 0 Å². The molecule has 0 fully saturated rings. The highest BCUT2D eigenvalue weighted by Crippen LogP contribution is 2.27. The van der Waals surface area contributed by atoms with Crippen LogP contribution in [-0.4, -0.2) is 24.4 Å². The summed E-state index contributed by atoms with van der Waals surface area (Å²) in [5, 5.41) is 16.1. The molecule has 1 rings (SSSR count). The summed E-state index contributed by atoms with van der Waals surface area (Å²) in [7, 11) is 1.48. The first-order chi connectivity index (χ1) is 7.61. The van der Waals surface area contributed by atoms with E-state index in [9.17, 15) is 14.9 Å². The molecule has 0 unspecified atom stereocenters. The van der Waals surface area contributed by atoms with Crippen LogP contribution in [0.1, 0.15) is 17.3 Å². The van der Waals surface area contributed by atoms with Gasteiger partial charge in [-0.15, -0.1) is 0 Å². The minimum Gasteiger partial charge on any atom is -0.379 e. The molecule has 0 aliphatic heterocycles. The molecule has 1 aromatic rings. The van der Waals surface area contributed by atoms with Gasteiger partial charge in [-0.2, -0.15) is 0 Å². The van der Waals surface area contributed by atoms with Gasteiger partial charge in [0, 0.05) is 19.7 Å². The zero-order chi connectivity index (χ0) is 12.1. The molecular formula is C10H13N3O3. The predicted octanol–water partition coefficient (Wildman–Crippen LogP) is 1.39. The molecule has 0 radical (unpaired) electrons. The van der Waals surface area contributed by atoms with E-state index in [1.54, 1.807) is 6.07 Å². The molecule has 0 aromatic heterocycles. The Hall–Kier alpha value is -2.11. The molecule has 2 N–H and O–H groups in total. The summed E-state index contributed by atoms with van der Waals surface area (Å²) >= 11 is 0. The molecule has 6 nitrogen and oxygen atoms in total. The zero-order valence-corrected chi connectivity index (χ0v) is 9.11. The first-order valence-corrected chi connectivity index (χ1v) is 4.85. The van der Waals surface area contributed by atoms with E-state index in [1.165, 1.54) is 19.2 Å². The smallest absolute Gasteiger partial charge is 0.293 e. The number of anilines is 1. The molecule has 0 saturated heterocycles. The lowest BCUT2D eigenvalue weighted by atomic mass is 10.1. The van der Waals surface area contributed by atoms with E-state index in [4.69, 9.17) is 0 Å². The predicted molar refractivity (Wildman–Crippen MR) is 60.7 cm³/mol. The number of hydrogen-bond acceptors (Lipinski definition) is 4. The van der Waals surface area contributed by atoms with Gasteiger partial charge in [-0.3, -0.25) is 14.9 Å². The first-order valence-electron chi connectivity index (χ1n) is 4.85. The van der Waals surface area contributed by atoms with Crippen LogP contribution in [0.4, 0.5) is 11.4 Å². The third-order valence-corrected chi connectivity index (χ3v) is 2.06. The normalized spacial score (nSPS) is 9.62. The number of nitrogens with one attached hydrogen (secondary N) is 2. The molecule has 0 bridgehead atoms. The molecule has 1 amide bonds. The van der Waals surface area contributed by atoms with Gasteiger partial charge < -0.3 is 10.6 Å². The molecule has 1 aromatic carbocycles. The van der Waals surface area contributed by atoms with Crippen LogP contribution < -0.4 is 10.6 Å². The van der Waals surface area contributed by atoms with E-state index in [0.29, 0.717) is 6.54 Å². The second-order valence-electron chi connectivity index (χ2n) is 3.07. The second kappa shape index (κ2) is 5.11. The molecule has 0 atom stereocenters. The number of nitrogens with zero attached hydrogens (tertiary/aromatic N) is 1. The number of carbonyl (C=O) groups excluding carboxylic acids is 1. The minimum atomic E-state index is -0.509. The number of para-hydroxylation sites is 1. The Labute approximate surface area is 92.8 Å². The summed E-state index contributed by atoms with van der Waals surface area (Å²) in [4.78, 5) is 21.8. The number of nitro groups is 1. The number of amides is 1. The van der Waals surface area contributed by atoms with Crippen LogP contribution in [0.3, 0.4) is 0 Å². The minimum absolute atomic E-state index is 0.0945. The monoisotopic (exact) mass is 223 g/mol. The molecule has 6 heteroatoms. The average molecular weight is 223 g/mol. The maximum absolute atomic E-state index is 11.5. The van der Waals surface area contributed by atoms with Crippen LogP contribution in [-0.2, 0) is 0 Å². The third-order valence-electron chi connectivity index (χ3n) is 2.06. The van der Waals surface area contributed by atoms with E-state index in [2.05, 4.69) is 10.6 Å². The molecule has 86 valence electrons. The van der Waals surface area contributed by atoms with Gasteiger partial charge in [-0.25, -0.2) is 0 Å². The van der Waals surface area contributed by atoms with E-state index in [-0.39, 0.29) is 22.8 Å². The highest BCUT2D eigenvalue weighted by Gasteiger charge is 2.20. The Balaban J connectivity index is 3.32. The number of hydrogen-bond donors (Lipinski definition) is 2. The Morgan fingerprint density at radius 3 is 2.69 bits per heavy atom. The van der Waals surface area contributed by atoms with Gasteiger partial charge in [0.05, 0.1) is 10.5 Å². The third kappa shape index (κ3) is 2.28. The highest BCUT2D eigenvalue weighted by atomic mass is 16.6. The van der Waals surface area contributed by atoms with Crippen molar-refractivity contribution in [2.45, 2.75) is 6.92 Å². The van der Waals surface area contributed by atoms with E-state index in [1.807, 2.05) is 6.92 Å². The number of benzene rings is 1. The van der Waals surface area contributed by atoms with Crippen molar-refractivity contribution >= 4 is 17.3 Å². The molecule has 0 heterocycles. The molecule has 16 heavy (non-hydrogen) atoms. The van der Waals surface area contributed by atoms with Crippen molar-refractivity contribution < 1.29 is 9.72 Å². The van der Waals surface area contributed by atoms with Gasteiger partial charge in [0.1, 0.15) is 5.69 Å². The zero-order valence-electron chi connectivity index (χ0n) is 9.11. The summed E-state index contributed by atoms with van der Waals surface area (Å²) < 4.78 is 0. The van der Waals surface area contributed by atoms with Crippen LogP contribution >= 0.6 is 0 Å². The van der Waals surface area contributed by atoms with Crippen molar-refractivity contribution in [3.63, 3.8) is 0 Å². The summed E-state index contributed by atoms with van der Waals surface area (Å²) in [6.07, 6.45) is 0. The number of nitro benzene ring substituents is 1. The lowest BCUT2D eigenvalue weighted by Crippen LogP contribution is -2.20. The lowest BCUT2D eigenvalue weighted by molar-refractivity contribution is -0.384. The number of rotatable bonds is 4. The van der Waals surface area contributed by atoms with Gasteiger partial charge in [0.25, 0.3) is 11.6 Å². The maximum atomic E-state index is 11.5. The second-order valence-corrected chi connectivity index (χ2v) is 3.07. The molecule has 0 spiro atoms. The van der Waals surface area contributed by atoms with Crippen molar-refractivity contribution in [2.75, 3.05) is 18.9 Å². The van der Waals surface area contributed by atoms with E-state index >= 15 is 0 Å². The quantitative estimate of drug-likeness (QED) is 0.596. The van der Waals surface area contributed by atoms with Crippen molar-refractivity contribution in [2.24, 2.45) is 0 Å². The van der Waals surface area contributed by atoms with Crippen LogP contribution in [0.15, 0.2) is 18.2 Å². The summed E-state index contributed by atoms with van der Waals surface area (Å²) in [5.74, 6) is -0.348. The highest BCUT2D eigenvalue weighted by molar-refractivity contribution is 6.01. The molecule has 0 aliphatic carbocycles. The van der Waals surface area contributed by atoms with Crippen molar-refractivity contribution in [1.82, 2.24) is 5.32 Å². The molecule has 0 aliphatic rings. The SMILES string of the molecule is CCNc1c(C(=O)NC)cccc1[N+](=O)[O-]. The maximum Gasteiger partial charge on any atom is 0.293 e. The molecule has 0 saturated carbocycles. The standard InChI is InChI=1S/C10H13N3O3/c1-3-12-9-7(10(14)11-2)5-4-6-8(9)13(15)16/h4-6,12H,3H2,1-2H3,(H,11,14). The van der Waals surface area contributed by atoms with Crippen LogP contribution in [0.2, 0.25) is 0 Å². The fourth-order valence-corrected chi connectivity index (χ4v) is 1.38. The van der Waals surface area contributed by atoms with Gasteiger partial charge >= 0.3 is 0 Å². The fourth-order valence-electron chi connectivity index (χ4n) is 1.38. The number of carbonyl (C=O) groups is 1. The Morgan fingerprint density at radius 1 is 1.50 bits per heavy atom. The Bertz CT molecular complexity index is 418. The topological polar surface area (TPSA) is 84.3 Å². The van der Waals surface area contributed by atoms with Gasteiger partial charge in [-0.1, -0.05) is 6.07 Å². The summed E-state index contributed by atoms with van der Waals surface area (Å²) in [5.41, 5.74) is 0.441. The van der Waals surface area contributed by atoms with E-state index < -0.39 is 4.92 Å². The largest absolute Gasteiger partial charge is 0.379 e. The summed E-state index contributed by atoms with van der Waals surface area (Å²) in [6, 6.07) is 4.40. The Kier molecular flexibility index (Phi) is 3.82.